The van der Waals surface area contributed by atoms with Crippen LogP contribution in [-0.2, 0) is 20.9 Å². The van der Waals surface area contributed by atoms with E-state index in [2.05, 4.69) is 10.4 Å². The molecule has 0 aliphatic carbocycles. The first-order valence-electron chi connectivity index (χ1n) is 4.73. The fourth-order valence-electron chi connectivity index (χ4n) is 1.45. The van der Waals surface area contributed by atoms with Crippen LogP contribution in [-0.4, -0.2) is 45.5 Å². The lowest BCUT2D eigenvalue weighted by Crippen LogP contribution is -2.54. The van der Waals surface area contributed by atoms with Gasteiger partial charge in [-0.15, -0.1) is 0 Å². The van der Waals surface area contributed by atoms with Crippen LogP contribution in [0.5, 0.6) is 0 Å². The summed E-state index contributed by atoms with van der Waals surface area (Å²) >= 11 is 0. The number of rotatable bonds is 2. The summed E-state index contributed by atoms with van der Waals surface area (Å²) < 4.78 is 1.44. The molecule has 1 fully saturated rings. The summed E-state index contributed by atoms with van der Waals surface area (Å²) in [5, 5.41) is 6.00. The van der Waals surface area contributed by atoms with E-state index in [-0.39, 0.29) is 25.5 Å². The molecule has 16 heavy (non-hydrogen) atoms. The molecule has 7 nitrogen and oxygen atoms in total. The van der Waals surface area contributed by atoms with E-state index < -0.39 is 11.8 Å². The van der Waals surface area contributed by atoms with Crippen molar-refractivity contribution in [1.29, 1.82) is 0 Å². The minimum absolute atomic E-state index is 0.0353. The van der Waals surface area contributed by atoms with Gasteiger partial charge in [0.25, 0.3) is 0 Å². The van der Waals surface area contributed by atoms with Crippen LogP contribution >= 0.6 is 0 Å². The topological polar surface area (TPSA) is 84.3 Å². The molecule has 0 aromatic carbocycles. The highest BCUT2D eigenvalue weighted by Crippen LogP contribution is 1.98. The van der Waals surface area contributed by atoms with Crippen molar-refractivity contribution in [2.24, 2.45) is 0 Å². The van der Waals surface area contributed by atoms with Crippen LogP contribution in [0, 0.1) is 0 Å². The fraction of sp³-hybridized carbons (Fsp3) is 0.333. The first-order chi connectivity index (χ1) is 7.65. The van der Waals surface area contributed by atoms with Crippen LogP contribution in [0.15, 0.2) is 18.5 Å². The Hall–Kier alpha value is -2.18. The minimum atomic E-state index is -0.454. The molecule has 0 unspecified atom stereocenters. The van der Waals surface area contributed by atoms with Crippen molar-refractivity contribution in [2.45, 2.75) is 6.54 Å². The van der Waals surface area contributed by atoms with Gasteiger partial charge in [-0.1, -0.05) is 0 Å². The molecule has 3 amide bonds. The lowest BCUT2D eigenvalue weighted by atomic mass is 10.3. The fourth-order valence-corrected chi connectivity index (χ4v) is 1.45. The molecule has 7 heteroatoms. The van der Waals surface area contributed by atoms with Crippen molar-refractivity contribution in [2.75, 3.05) is 13.1 Å². The van der Waals surface area contributed by atoms with Gasteiger partial charge in [0.05, 0.1) is 0 Å². The zero-order valence-electron chi connectivity index (χ0n) is 8.42. The quantitative estimate of drug-likeness (QED) is 0.609. The molecule has 2 heterocycles. The second-order valence-corrected chi connectivity index (χ2v) is 3.42. The van der Waals surface area contributed by atoms with Gasteiger partial charge in [-0.05, 0) is 6.07 Å². The van der Waals surface area contributed by atoms with E-state index in [9.17, 15) is 14.4 Å². The standard InChI is InChI=1S/C9H10N4O3/c14-7-4-12(5-8(15)11-7)9(16)6-13-3-1-2-10-13/h1-3H,4-6H2,(H,11,14,15). The molecule has 1 N–H and O–H groups in total. The zero-order chi connectivity index (χ0) is 11.5. The second-order valence-electron chi connectivity index (χ2n) is 3.42. The average molecular weight is 222 g/mol. The first kappa shape index (κ1) is 10.3. The highest BCUT2D eigenvalue weighted by Gasteiger charge is 2.26. The second kappa shape index (κ2) is 4.13. The average Bonchev–Trinajstić information content (AvgIpc) is 2.68. The maximum absolute atomic E-state index is 11.7. The minimum Gasteiger partial charge on any atom is -0.322 e. The van der Waals surface area contributed by atoms with Crippen molar-refractivity contribution >= 4 is 17.7 Å². The Morgan fingerprint density at radius 1 is 1.38 bits per heavy atom. The number of nitrogens with zero attached hydrogens (tertiary/aromatic N) is 3. The van der Waals surface area contributed by atoms with E-state index in [1.165, 1.54) is 9.58 Å². The van der Waals surface area contributed by atoms with E-state index in [4.69, 9.17) is 0 Å². The molecular formula is C9H10N4O3. The van der Waals surface area contributed by atoms with Crippen LogP contribution in [0.2, 0.25) is 0 Å². The van der Waals surface area contributed by atoms with Crippen molar-refractivity contribution in [1.82, 2.24) is 20.0 Å². The van der Waals surface area contributed by atoms with Crippen LogP contribution in [0.25, 0.3) is 0 Å². The molecule has 0 bridgehead atoms. The Kier molecular flexibility index (Phi) is 2.67. The lowest BCUT2D eigenvalue weighted by Gasteiger charge is -2.25. The Bertz CT molecular complexity index is 410. The summed E-state index contributed by atoms with van der Waals surface area (Å²) in [5.74, 6) is -1.21. The van der Waals surface area contributed by atoms with E-state index in [1.807, 2.05) is 0 Å². The molecule has 2 rings (SSSR count). The number of amides is 3. The molecule has 0 radical (unpaired) electrons. The monoisotopic (exact) mass is 222 g/mol. The number of carbonyl (C=O) groups excluding carboxylic acids is 3. The zero-order valence-corrected chi connectivity index (χ0v) is 8.42. The van der Waals surface area contributed by atoms with Crippen molar-refractivity contribution in [3.05, 3.63) is 18.5 Å². The third-order valence-corrected chi connectivity index (χ3v) is 2.16. The highest BCUT2D eigenvalue weighted by molar-refractivity contribution is 6.02. The number of nitrogens with one attached hydrogen (secondary N) is 1. The van der Waals surface area contributed by atoms with Crippen molar-refractivity contribution in [3.8, 4) is 0 Å². The number of imide groups is 1. The maximum Gasteiger partial charge on any atom is 0.246 e. The number of hydrogen-bond donors (Lipinski definition) is 1. The lowest BCUT2D eigenvalue weighted by molar-refractivity contribution is -0.145. The largest absolute Gasteiger partial charge is 0.322 e. The number of aromatic nitrogens is 2. The first-order valence-corrected chi connectivity index (χ1v) is 4.73. The van der Waals surface area contributed by atoms with E-state index >= 15 is 0 Å². The summed E-state index contributed by atoms with van der Waals surface area (Å²) in [5.41, 5.74) is 0. The Morgan fingerprint density at radius 3 is 2.62 bits per heavy atom. The van der Waals surface area contributed by atoms with Gasteiger partial charge in [0.2, 0.25) is 17.7 Å². The summed E-state index contributed by atoms with van der Waals surface area (Å²) in [4.78, 5) is 35.0. The van der Waals surface area contributed by atoms with Gasteiger partial charge < -0.3 is 4.90 Å². The normalized spacial score (nSPS) is 16.1. The molecule has 0 atom stereocenters. The number of hydrogen-bond acceptors (Lipinski definition) is 4. The van der Waals surface area contributed by atoms with Crippen LogP contribution in [0.1, 0.15) is 0 Å². The molecule has 1 aliphatic heterocycles. The predicted octanol–water partition coefficient (Wildman–Crippen LogP) is -1.63. The van der Waals surface area contributed by atoms with Crippen LogP contribution in [0.4, 0.5) is 0 Å². The van der Waals surface area contributed by atoms with Gasteiger partial charge in [0.15, 0.2) is 0 Å². The van der Waals surface area contributed by atoms with Gasteiger partial charge in [-0.25, -0.2) is 0 Å². The molecule has 0 saturated carbocycles. The van der Waals surface area contributed by atoms with Gasteiger partial charge >= 0.3 is 0 Å². The number of carbonyl (C=O) groups is 3. The Labute approximate surface area is 91.0 Å². The Balaban J connectivity index is 1.99. The van der Waals surface area contributed by atoms with E-state index in [1.54, 1.807) is 18.5 Å². The van der Waals surface area contributed by atoms with Crippen molar-refractivity contribution < 1.29 is 14.4 Å². The summed E-state index contributed by atoms with van der Waals surface area (Å²) in [6.07, 6.45) is 3.20. The van der Waals surface area contributed by atoms with Gasteiger partial charge in [-0.3, -0.25) is 24.4 Å². The summed E-state index contributed by atoms with van der Waals surface area (Å²) in [6, 6.07) is 1.70. The smallest absolute Gasteiger partial charge is 0.246 e. The molecule has 1 aromatic heterocycles. The maximum atomic E-state index is 11.7. The molecule has 0 spiro atoms. The third kappa shape index (κ3) is 2.25. The van der Waals surface area contributed by atoms with Gasteiger partial charge in [-0.2, -0.15) is 5.10 Å². The highest BCUT2D eigenvalue weighted by atomic mass is 16.2. The van der Waals surface area contributed by atoms with Crippen molar-refractivity contribution in [3.63, 3.8) is 0 Å². The van der Waals surface area contributed by atoms with Crippen LogP contribution in [0.3, 0.4) is 0 Å². The Morgan fingerprint density at radius 2 is 2.06 bits per heavy atom. The summed E-state index contributed by atoms with van der Waals surface area (Å²) in [6.45, 7) is -0.120. The van der Waals surface area contributed by atoms with E-state index in [0.717, 1.165) is 0 Å². The molecular weight excluding hydrogens is 212 g/mol. The molecule has 1 aliphatic rings. The molecule has 1 aromatic rings. The number of piperazine rings is 1. The summed E-state index contributed by atoms with van der Waals surface area (Å²) in [7, 11) is 0. The van der Waals surface area contributed by atoms with Gasteiger partial charge in [0, 0.05) is 12.4 Å². The molecule has 84 valence electrons. The third-order valence-electron chi connectivity index (χ3n) is 2.16. The molecule has 1 saturated heterocycles. The van der Waals surface area contributed by atoms with Gasteiger partial charge in [0.1, 0.15) is 19.6 Å². The predicted molar refractivity (Wildman–Crippen MR) is 52.0 cm³/mol. The van der Waals surface area contributed by atoms with Crippen LogP contribution < -0.4 is 5.32 Å². The SMILES string of the molecule is O=C1CN(C(=O)Cn2cccn2)CC(=O)N1. The van der Waals surface area contributed by atoms with E-state index in [0.29, 0.717) is 0 Å².